The Kier molecular flexibility index (Phi) is 7.82. The Bertz CT molecular complexity index is 372. The average Bonchev–Trinajstić information content (AvgIpc) is 2.36. The summed E-state index contributed by atoms with van der Waals surface area (Å²) in [6, 6.07) is 5.82. The molecule has 3 N–H and O–H groups in total. The zero-order valence-corrected chi connectivity index (χ0v) is 12.3. The van der Waals surface area contributed by atoms with Crippen molar-refractivity contribution in [2.24, 2.45) is 0 Å². The standard InChI is InChI=1S/C14H23ClN2O2/c1-3-19-14-5-4-12(8-13(14)15)10-17-7-6-16-9-11(2)18/h4-5,8,11,16-18H,3,6-7,9-10H2,1-2H3/t11-/m1/s1. The second-order valence-electron chi connectivity index (χ2n) is 4.43. The Morgan fingerprint density at radius 1 is 1.32 bits per heavy atom. The monoisotopic (exact) mass is 286 g/mol. The lowest BCUT2D eigenvalue weighted by Gasteiger charge is -2.10. The highest BCUT2D eigenvalue weighted by Crippen LogP contribution is 2.25. The molecule has 0 radical (unpaired) electrons. The van der Waals surface area contributed by atoms with Gasteiger partial charge in [0.15, 0.2) is 0 Å². The van der Waals surface area contributed by atoms with Crippen molar-refractivity contribution < 1.29 is 9.84 Å². The average molecular weight is 287 g/mol. The van der Waals surface area contributed by atoms with E-state index in [-0.39, 0.29) is 6.10 Å². The van der Waals surface area contributed by atoms with Gasteiger partial charge >= 0.3 is 0 Å². The van der Waals surface area contributed by atoms with Crippen molar-refractivity contribution >= 4 is 11.6 Å². The highest BCUT2D eigenvalue weighted by molar-refractivity contribution is 6.32. The van der Waals surface area contributed by atoms with Crippen LogP contribution < -0.4 is 15.4 Å². The molecule has 1 rings (SSSR count). The van der Waals surface area contributed by atoms with Gasteiger partial charge in [-0.05, 0) is 31.5 Å². The number of benzene rings is 1. The number of halogens is 1. The molecule has 0 saturated carbocycles. The van der Waals surface area contributed by atoms with Gasteiger partial charge < -0.3 is 20.5 Å². The normalized spacial score (nSPS) is 12.4. The van der Waals surface area contributed by atoms with Gasteiger partial charge in [-0.25, -0.2) is 0 Å². The van der Waals surface area contributed by atoms with Gasteiger partial charge in [-0.1, -0.05) is 17.7 Å². The van der Waals surface area contributed by atoms with Crippen LogP contribution in [0.5, 0.6) is 5.75 Å². The van der Waals surface area contributed by atoms with Crippen LogP contribution in [-0.2, 0) is 6.54 Å². The summed E-state index contributed by atoms with van der Waals surface area (Å²) in [5.41, 5.74) is 1.13. The van der Waals surface area contributed by atoms with Gasteiger partial charge in [-0.15, -0.1) is 0 Å². The smallest absolute Gasteiger partial charge is 0.137 e. The number of aliphatic hydroxyl groups is 1. The molecule has 19 heavy (non-hydrogen) atoms. The molecule has 0 bridgehead atoms. The van der Waals surface area contributed by atoms with Gasteiger partial charge in [0.05, 0.1) is 17.7 Å². The van der Waals surface area contributed by atoms with E-state index in [1.807, 2.05) is 25.1 Å². The zero-order valence-electron chi connectivity index (χ0n) is 11.6. The van der Waals surface area contributed by atoms with E-state index < -0.39 is 0 Å². The summed E-state index contributed by atoms with van der Waals surface area (Å²) in [4.78, 5) is 0. The first-order chi connectivity index (χ1) is 9.13. The molecule has 0 fully saturated rings. The van der Waals surface area contributed by atoms with Crippen molar-refractivity contribution in [2.75, 3.05) is 26.2 Å². The molecule has 0 heterocycles. The minimum absolute atomic E-state index is 0.301. The fourth-order valence-corrected chi connectivity index (χ4v) is 1.91. The first-order valence-electron chi connectivity index (χ1n) is 6.64. The molecule has 0 aliphatic rings. The quantitative estimate of drug-likeness (QED) is 0.606. The number of ether oxygens (including phenoxy) is 1. The van der Waals surface area contributed by atoms with E-state index >= 15 is 0 Å². The van der Waals surface area contributed by atoms with Crippen LogP contribution in [0.15, 0.2) is 18.2 Å². The lowest BCUT2D eigenvalue weighted by atomic mass is 10.2. The van der Waals surface area contributed by atoms with Crippen LogP contribution in [0.4, 0.5) is 0 Å². The second kappa shape index (κ2) is 9.15. The van der Waals surface area contributed by atoms with Crippen LogP contribution in [0.1, 0.15) is 19.4 Å². The minimum Gasteiger partial charge on any atom is -0.492 e. The first-order valence-corrected chi connectivity index (χ1v) is 7.02. The lowest BCUT2D eigenvalue weighted by molar-refractivity contribution is 0.191. The molecule has 0 saturated heterocycles. The summed E-state index contributed by atoms with van der Waals surface area (Å²) in [7, 11) is 0. The molecule has 0 aliphatic carbocycles. The Morgan fingerprint density at radius 2 is 2.05 bits per heavy atom. The van der Waals surface area contributed by atoms with E-state index in [1.54, 1.807) is 6.92 Å². The van der Waals surface area contributed by atoms with Crippen molar-refractivity contribution in [3.63, 3.8) is 0 Å². The fourth-order valence-electron chi connectivity index (χ4n) is 1.65. The summed E-state index contributed by atoms with van der Waals surface area (Å²) in [6.07, 6.45) is -0.301. The topological polar surface area (TPSA) is 53.5 Å². The number of nitrogens with one attached hydrogen (secondary N) is 2. The van der Waals surface area contributed by atoms with Gasteiger partial charge in [0.25, 0.3) is 0 Å². The molecule has 0 aliphatic heterocycles. The van der Waals surface area contributed by atoms with Crippen LogP contribution in [-0.4, -0.2) is 37.5 Å². The largest absolute Gasteiger partial charge is 0.492 e. The Hall–Kier alpha value is -0.810. The predicted molar refractivity (Wildman–Crippen MR) is 78.9 cm³/mol. The van der Waals surface area contributed by atoms with Gasteiger partial charge in [-0.2, -0.15) is 0 Å². The van der Waals surface area contributed by atoms with Crippen molar-refractivity contribution in [1.82, 2.24) is 10.6 Å². The number of rotatable bonds is 9. The van der Waals surface area contributed by atoms with E-state index in [0.717, 1.165) is 30.9 Å². The minimum atomic E-state index is -0.301. The molecule has 0 amide bonds. The summed E-state index contributed by atoms with van der Waals surface area (Å²) < 4.78 is 5.39. The van der Waals surface area contributed by atoms with Crippen LogP contribution in [0, 0.1) is 0 Å². The Labute approximate surface area is 120 Å². The van der Waals surface area contributed by atoms with Gasteiger partial charge in [-0.3, -0.25) is 0 Å². The summed E-state index contributed by atoms with van der Waals surface area (Å²) in [5, 5.41) is 16.2. The van der Waals surface area contributed by atoms with Gasteiger partial charge in [0.2, 0.25) is 0 Å². The number of aliphatic hydroxyl groups excluding tert-OH is 1. The van der Waals surface area contributed by atoms with E-state index in [2.05, 4.69) is 10.6 Å². The predicted octanol–water partition coefficient (Wildman–Crippen LogP) is 1.80. The lowest BCUT2D eigenvalue weighted by Crippen LogP contribution is -2.31. The SMILES string of the molecule is CCOc1ccc(CNCCNC[C@@H](C)O)cc1Cl. The van der Waals surface area contributed by atoms with E-state index in [1.165, 1.54) is 0 Å². The van der Waals surface area contributed by atoms with Crippen LogP contribution in [0.2, 0.25) is 5.02 Å². The molecule has 1 aromatic rings. The Morgan fingerprint density at radius 3 is 2.68 bits per heavy atom. The molecule has 108 valence electrons. The molecule has 5 heteroatoms. The van der Waals surface area contributed by atoms with Crippen molar-refractivity contribution in [2.45, 2.75) is 26.5 Å². The van der Waals surface area contributed by atoms with Gasteiger partial charge in [0, 0.05) is 26.2 Å². The summed E-state index contributed by atoms with van der Waals surface area (Å²) in [6.45, 7) is 7.38. The second-order valence-corrected chi connectivity index (χ2v) is 4.83. The molecule has 1 atom stereocenters. The maximum Gasteiger partial charge on any atom is 0.137 e. The van der Waals surface area contributed by atoms with E-state index in [4.69, 9.17) is 21.4 Å². The Balaban J connectivity index is 2.24. The summed E-state index contributed by atoms with van der Waals surface area (Å²) >= 11 is 6.11. The molecule has 0 spiro atoms. The third-order valence-corrected chi connectivity index (χ3v) is 2.84. The van der Waals surface area contributed by atoms with Crippen LogP contribution in [0.25, 0.3) is 0 Å². The summed E-state index contributed by atoms with van der Waals surface area (Å²) in [5.74, 6) is 0.728. The molecular weight excluding hydrogens is 264 g/mol. The van der Waals surface area contributed by atoms with Crippen molar-refractivity contribution in [3.05, 3.63) is 28.8 Å². The highest BCUT2D eigenvalue weighted by Gasteiger charge is 2.02. The van der Waals surface area contributed by atoms with E-state index in [9.17, 15) is 0 Å². The van der Waals surface area contributed by atoms with Gasteiger partial charge in [0.1, 0.15) is 5.75 Å². The maximum absolute atomic E-state index is 9.08. The zero-order chi connectivity index (χ0) is 14.1. The third-order valence-electron chi connectivity index (χ3n) is 2.54. The third kappa shape index (κ3) is 6.78. The first kappa shape index (κ1) is 16.2. The molecule has 0 aromatic heterocycles. The van der Waals surface area contributed by atoms with Crippen LogP contribution in [0.3, 0.4) is 0 Å². The fraction of sp³-hybridized carbons (Fsp3) is 0.571. The number of hydrogen-bond acceptors (Lipinski definition) is 4. The molecule has 1 aromatic carbocycles. The molecule has 4 nitrogen and oxygen atoms in total. The highest BCUT2D eigenvalue weighted by atomic mass is 35.5. The number of hydrogen-bond donors (Lipinski definition) is 3. The van der Waals surface area contributed by atoms with E-state index in [0.29, 0.717) is 18.2 Å². The molecular formula is C14H23ClN2O2. The maximum atomic E-state index is 9.08. The van der Waals surface area contributed by atoms with Crippen molar-refractivity contribution in [3.8, 4) is 5.75 Å². The van der Waals surface area contributed by atoms with Crippen molar-refractivity contribution in [1.29, 1.82) is 0 Å². The molecule has 0 unspecified atom stereocenters. The van der Waals surface area contributed by atoms with Crippen LogP contribution >= 0.6 is 11.6 Å².